The van der Waals surface area contributed by atoms with Gasteiger partial charge in [0.15, 0.2) is 0 Å². The number of nitrogens with one attached hydrogen (secondary N) is 1. The predicted molar refractivity (Wildman–Crippen MR) is 48.8 cm³/mol. The number of benzene rings is 1. The molecule has 1 nitrogen and oxygen atoms in total. The molecule has 1 aromatic carbocycles. The SMILES string of the molecule is C[C@@H](NCCF)c1ccccc1. The van der Waals surface area contributed by atoms with Gasteiger partial charge in [0, 0.05) is 12.6 Å². The van der Waals surface area contributed by atoms with Gasteiger partial charge in [-0.3, -0.25) is 0 Å². The topological polar surface area (TPSA) is 12.0 Å². The number of hydrogen-bond acceptors (Lipinski definition) is 1. The summed E-state index contributed by atoms with van der Waals surface area (Å²) in [5, 5.41) is 3.07. The van der Waals surface area contributed by atoms with Crippen LogP contribution in [0.2, 0.25) is 0 Å². The van der Waals surface area contributed by atoms with Gasteiger partial charge in [-0.05, 0) is 12.5 Å². The molecule has 0 amide bonds. The summed E-state index contributed by atoms with van der Waals surface area (Å²) in [6.07, 6.45) is 0. The smallest absolute Gasteiger partial charge is 0.102 e. The summed E-state index contributed by atoms with van der Waals surface area (Å²) in [5.74, 6) is 0. The lowest BCUT2D eigenvalue weighted by atomic mass is 10.1. The first-order valence-electron chi connectivity index (χ1n) is 4.19. The highest BCUT2D eigenvalue weighted by Gasteiger charge is 2.01. The molecular formula is C10H14FN. The highest BCUT2D eigenvalue weighted by atomic mass is 19.1. The number of alkyl halides is 1. The maximum atomic E-state index is 11.8. The van der Waals surface area contributed by atoms with Crippen molar-refractivity contribution in [3.8, 4) is 0 Å². The van der Waals surface area contributed by atoms with Crippen molar-refractivity contribution in [2.45, 2.75) is 13.0 Å². The molecule has 0 spiro atoms. The number of halogens is 1. The van der Waals surface area contributed by atoms with E-state index in [1.807, 2.05) is 37.3 Å². The highest BCUT2D eigenvalue weighted by Crippen LogP contribution is 2.10. The molecule has 0 saturated carbocycles. The molecule has 2 heteroatoms. The molecule has 0 heterocycles. The standard InChI is InChI=1S/C10H14FN/c1-9(12-8-7-11)10-5-3-2-4-6-10/h2-6,9,12H,7-8H2,1H3/t9-/m1/s1. The van der Waals surface area contributed by atoms with E-state index in [4.69, 9.17) is 0 Å². The van der Waals surface area contributed by atoms with Gasteiger partial charge in [0.05, 0.1) is 0 Å². The Hall–Kier alpha value is -0.890. The molecule has 1 atom stereocenters. The van der Waals surface area contributed by atoms with Crippen molar-refractivity contribution in [1.29, 1.82) is 0 Å². The van der Waals surface area contributed by atoms with Crippen LogP contribution < -0.4 is 5.32 Å². The zero-order valence-corrected chi connectivity index (χ0v) is 7.26. The third-order valence-electron chi connectivity index (χ3n) is 1.84. The summed E-state index contributed by atoms with van der Waals surface area (Å²) in [6.45, 7) is 2.15. The average Bonchev–Trinajstić information content (AvgIpc) is 2.15. The molecular weight excluding hydrogens is 153 g/mol. The van der Waals surface area contributed by atoms with E-state index in [0.717, 1.165) is 0 Å². The molecule has 0 radical (unpaired) electrons. The Morgan fingerprint density at radius 3 is 2.58 bits per heavy atom. The summed E-state index contributed by atoms with van der Waals surface area (Å²) in [6, 6.07) is 10.3. The summed E-state index contributed by atoms with van der Waals surface area (Å²) >= 11 is 0. The van der Waals surface area contributed by atoms with Crippen LogP contribution in [-0.4, -0.2) is 13.2 Å². The van der Waals surface area contributed by atoms with Crippen molar-refractivity contribution in [2.24, 2.45) is 0 Å². The van der Waals surface area contributed by atoms with E-state index in [-0.39, 0.29) is 12.7 Å². The van der Waals surface area contributed by atoms with Crippen LogP contribution in [0, 0.1) is 0 Å². The van der Waals surface area contributed by atoms with Crippen LogP contribution in [0.1, 0.15) is 18.5 Å². The minimum atomic E-state index is -0.308. The Morgan fingerprint density at radius 2 is 2.00 bits per heavy atom. The second-order valence-electron chi connectivity index (χ2n) is 2.78. The summed E-state index contributed by atoms with van der Waals surface area (Å²) in [4.78, 5) is 0. The Morgan fingerprint density at radius 1 is 1.33 bits per heavy atom. The van der Waals surface area contributed by atoms with Crippen LogP contribution in [0.15, 0.2) is 30.3 Å². The minimum Gasteiger partial charge on any atom is -0.308 e. The second-order valence-corrected chi connectivity index (χ2v) is 2.78. The van der Waals surface area contributed by atoms with E-state index >= 15 is 0 Å². The molecule has 0 saturated heterocycles. The van der Waals surface area contributed by atoms with E-state index in [9.17, 15) is 4.39 Å². The molecule has 0 aliphatic heterocycles. The van der Waals surface area contributed by atoms with Crippen molar-refractivity contribution in [1.82, 2.24) is 5.32 Å². The van der Waals surface area contributed by atoms with Crippen molar-refractivity contribution < 1.29 is 4.39 Å². The van der Waals surface area contributed by atoms with Gasteiger partial charge < -0.3 is 5.32 Å². The maximum Gasteiger partial charge on any atom is 0.102 e. The van der Waals surface area contributed by atoms with Gasteiger partial charge in [0.1, 0.15) is 6.67 Å². The molecule has 1 N–H and O–H groups in total. The molecule has 66 valence electrons. The van der Waals surface area contributed by atoms with Crippen molar-refractivity contribution in [3.63, 3.8) is 0 Å². The van der Waals surface area contributed by atoms with Crippen LogP contribution in [0.5, 0.6) is 0 Å². The molecule has 0 bridgehead atoms. The quantitative estimate of drug-likeness (QED) is 0.725. The lowest BCUT2D eigenvalue weighted by molar-refractivity contribution is 0.444. The summed E-state index contributed by atoms with van der Waals surface area (Å²) in [5.41, 5.74) is 1.20. The Kier molecular flexibility index (Phi) is 3.74. The van der Waals surface area contributed by atoms with Gasteiger partial charge >= 0.3 is 0 Å². The zero-order valence-electron chi connectivity index (χ0n) is 7.26. The minimum absolute atomic E-state index is 0.238. The van der Waals surface area contributed by atoms with Crippen LogP contribution >= 0.6 is 0 Å². The van der Waals surface area contributed by atoms with Gasteiger partial charge in [-0.1, -0.05) is 30.3 Å². The fourth-order valence-electron chi connectivity index (χ4n) is 1.13. The molecule has 1 aromatic rings. The predicted octanol–water partition coefficient (Wildman–Crippen LogP) is 2.31. The second kappa shape index (κ2) is 4.88. The van der Waals surface area contributed by atoms with E-state index in [1.165, 1.54) is 5.56 Å². The van der Waals surface area contributed by atoms with E-state index < -0.39 is 0 Å². The fraction of sp³-hybridized carbons (Fsp3) is 0.400. The fourth-order valence-corrected chi connectivity index (χ4v) is 1.13. The molecule has 0 aromatic heterocycles. The van der Waals surface area contributed by atoms with Crippen molar-refractivity contribution >= 4 is 0 Å². The van der Waals surface area contributed by atoms with Crippen molar-refractivity contribution in [3.05, 3.63) is 35.9 Å². The first kappa shape index (κ1) is 9.20. The summed E-state index contributed by atoms with van der Waals surface area (Å²) < 4.78 is 11.8. The largest absolute Gasteiger partial charge is 0.308 e. The first-order chi connectivity index (χ1) is 5.84. The van der Waals surface area contributed by atoms with E-state index in [1.54, 1.807) is 0 Å². The van der Waals surface area contributed by atoms with Crippen LogP contribution in [-0.2, 0) is 0 Å². The van der Waals surface area contributed by atoms with Crippen LogP contribution in [0.3, 0.4) is 0 Å². The summed E-state index contributed by atoms with van der Waals surface area (Å²) in [7, 11) is 0. The lowest BCUT2D eigenvalue weighted by Gasteiger charge is -2.12. The highest BCUT2D eigenvalue weighted by molar-refractivity contribution is 5.17. The Bertz CT molecular complexity index is 210. The third-order valence-corrected chi connectivity index (χ3v) is 1.84. The Balaban J connectivity index is 2.48. The molecule has 0 unspecified atom stereocenters. The van der Waals surface area contributed by atoms with Gasteiger partial charge in [-0.15, -0.1) is 0 Å². The van der Waals surface area contributed by atoms with Gasteiger partial charge in [-0.2, -0.15) is 0 Å². The van der Waals surface area contributed by atoms with E-state index in [0.29, 0.717) is 6.54 Å². The molecule has 0 aliphatic rings. The van der Waals surface area contributed by atoms with Crippen LogP contribution in [0.4, 0.5) is 4.39 Å². The van der Waals surface area contributed by atoms with Gasteiger partial charge in [0.2, 0.25) is 0 Å². The third kappa shape index (κ3) is 2.62. The molecule has 0 aliphatic carbocycles. The first-order valence-corrected chi connectivity index (χ1v) is 4.19. The van der Waals surface area contributed by atoms with Crippen LogP contribution in [0.25, 0.3) is 0 Å². The lowest BCUT2D eigenvalue weighted by Crippen LogP contribution is -2.20. The normalized spacial score (nSPS) is 12.8. The molecule has 0 fully saturated rings. The van der Waals surface area contributed by atoms with Gasteiger partial charge in [0.25, 0.3) is 0 Å². The maximum absolute atomic E-state index is 11.8. The number of rotatable bonds is 4. The molecule has 12 heavy (non-hydrogen) atoms. The number of hydrogen-bond donors (Lipinski definition) is 1. The van der Waals surface area contributed by atoms with Gasteiger partial charge in [-0.25, -0.2) is 4.39 Å². The zero-order chi connectivity index (χ0) is 8.81. The van der Waals surface area contributed by atoms with Crippen molar-refractivity contribution in [2.75, 3.05) is 13.2 Å². The monoisotopic (exact) mass is 167 g/mol. The average molecular weight is 167 g/mol. The van der Waals surface area contributed by atoms with E-state index in [2.05, 4.69) is 5.32 Å². The molecule has 1 rings (SSSR count). The Labute approximate surface area is 72.6 Å².